The van der Waals surface area contributed by atoms with E-state index in [9.17, 15) is 4.79 Å². The van der Waals surface area contributed by atoms with Crippen LogP contribution in [0.1, 0.15) is 15.2 Å². The van der Waals surface area contributed by atoms with Gasteiger partial charge < -0.3 is 10.4 Å². The number of nitrogens with one attached hydrogen (secondary N) is 1. The summed E-state index contributed by atoms with van der Waals surface area (Å²) in [4.78, 5) is 12.2. The highest BCUT2D eigenvalue weighted by Gasteiger charge is 2.06. The molecule has 1 heterocycles. The van der Waals surface area contributed by atoms with E-state index >= 15 is 0 Å². The van der Waals surface area contributed by atoms with Gasteiger partial charge in [-0.25, -0.2) is 4.79 Å². The van der Waals surface area contributed by atoms with Crippen LogP contribution in [0.2, 0.25) is 4.34 Å². The molecule has 0 unspecified atom stereocenters. The second-order valence-corrected chi connectivity index (χ2v) is 6.41. The van der Waals surface area contributed by atoms with E-state index < -0.39 is 5.97 Å². The predicted octanol–water partition coefficient (Wildman–Crippen LogP) is 3.94. The predicted molar refractivity (Wildman–Crippen MR) is 85.1 cm³/mol. The van der Waals surface area contributed by atoms with Gasteiger partial charge in [0.05, 0.1) is 15.6 Å². The largest absolute Gasteiger partial charge is 0.478 e. The average molecular weight is 314 g/mol. The molecule has 1 aromatic carbocycles. The molecule has 0 saturated heterocycles. The highest BCUT2D eigenvalue weighted by atomic mass is 35.5. The Kier molecular flexibility index (Phi) is 5.01. The lowest BCUT2D eigenvalue weighted by Crippen LogP contribution is -2.03. The number of thiol groups is 1. The maximum Gasteiger partial charge on any atom is 0.337 e. The number of anilines is 1. The van der Waals surface area contributed by atoms with Crippen molar-refractivity contribution in [3.05, 3.63) is 51.2 Å². The normalized spacial score (nSPS) is 11.2. The molecule has 0 aliphatic rings. The summed E-state index contributed by atoms with van der Waals surface area (Å²) in [6.07, 6.45) is 0. The molecule has 0 spiro atoms. The Morgan fingerprint density at radius 2 is 2.16 bits per heavy atom. The first-order valence-electron chi connectivity index (χ1n) is 5.48. The fraction of sp³-hybridized carbons (Fsp3) is 0.0769. The summed E-state index contributed by atoms with van der Waals surface area (Å²) < 4.78 is 0.786. The molecule has 2 aromatic rings. The molecule has 6 heteroatoms. The molecule has 0 amide bonds. The highest BCUT2D eigenvalue weighted by molar-refractivity contribution is 7.97. The van der Waals surface area contributed by atoms with Crippen LogP contribution in [0, 0.1) is 0 Å². The first-order valence-corrected chi connectivity index (χ1v) is 7.82. The van der Waals surface area contributed by atoms with E-state index in [2.05, 4.69) is 5.32 Å². The summed E-state index contributed by atoms with van der Waals surface area (Å²) in [5.41, 5.74) is 2.72. The van der Waals surface area contributed by atoms with Crippen LogP contribution >= 0.6 is 34.3 Å². The fourth-order valence-electron chi connectivity index (χ4n) is 1.48. The van der Waals surface area contributed by atoms with Gasteiger partial charge in [0.2, 0.25) is 0 Å². The molecular formula is C13H12ClNO2S2. The maximum atomic E-state index is 11.0. The number of halogens is 1. The number of hydrogen-bond donors (Lipinski definition) is 3. The minimum Gasteiger partial charge on any atom is -0.478 e. The van der Waals surface area contributed by atoms with Crippen LogP contribution < -0.4 is 5.32 Å². The van der Waals surface area contributed by atoms with Gasteiger partial charge in [-0.05, 0) is 24.3 Å². The number of carboxylic acid groups (broad SMARTS) is 1. The third-order valence-electron chi connectivity index (χ3n) is 2.34. The standard InChI is InChI=1S/C13H12ClNO2S2/c14-12-6-5-9(19-12)7-18-8-15-11-4-2-1-3-10(11)13(16)17/h1-6,8,15,18H,7H2,(H,16,17). The summed E-state index contributed by atoms with van der Waals surface area (Å²) in [5.74, 6) is -0.0715. The SMILES string of the molecule is O=C(O)c1ccccc1NC=[SH]Cc1ccc(Cl)s1. The van der Waals surface area contributed by atoms with Crippen LogP contribution in [0.25, 0.3) is 0 Å². The van der Waals surface area contributed by atoms with Crippen LogP contribution in [0.15, 0.2) is 36.4 Å². The first-order chi connectivity index (χ1) is 9.16. The summed E-state index contributed by atoms with van der Waals surface area (Å²) in [6, 6.07) is 10.7. The van der Waals surface area contributed by atoms with Gasteiger partial charge in [0.15, 0.2) is 0 Å². The van der Waals surface area contributed by atoms with Crippen molar-refractivity contribution >= 4 is 51.4 Å². The van der Waals surface area contributed by atoms with E-state index in [-0.39, 0.29) is 5.56 Å². The molecule has 0 radical (unpaired) electrons. The topological polar surface area (TPSA) is 49.3 Å². The number of hydrogen-bond acceptors (Lipinski definition) is 2. The Morgan fingerprint density at radius 3 is 2.84 bits per heavy atom. The Hall–Kier alpha value is -1.30. The van der Waals surface area contributed by atoms with Crippen LogP contribution in [-0.4, -0.2) is 16.6 Å². The molecule has 100 valence electrons. The monoisotopic (exact) mass is 313 g/mol. The molecule has 0 saturated carbocycles. The van der Waals surface area contributed by atoms with Crippen molar-refractivity contribution in [1.82, 2.24) is 0 Å². The van der Waals surface area contributed by atoms with Crippen molar-refractivity contribution in [3.63, 3.8) is 0 Å². The van der Waals surface area contributed by atoms with Crippen LogP contribution in [0.4, 0.5) is 5.69 Å². The lowest BCUT2D eigenvalue weighted by Gasteiger charge is -2.04. The van der Waals surface area contributed by atoms with Crippen molar-refractivity contribution in [1.29, 1.82) is 0 Å². The number of carboxylic acids is 1. The van der Waals surface area contributed by atoms with Gasteiger partial charge in [0.25, 0.3) is 0 Å². The Balaban J connectivity index is 1.97. The Morgan fingerprint density at radius 1 is 1.37 bits per heavy atom. The van der Waals surface area contributed by atoms with E-state index in [0.29, 0.717) is 5.69 Å². The van der Waals surface area contributed by atoms with E-state index in [0.717, 1.165) is 21.4 Å². The fourth-order valence-corrected chi connectivity index (χ4v) is 3.45. The molecule has 3 nitrogen and oxygen atoms in total. The minimum atomic E-state index is -0.932. The molecule has 0 atom stereocenters. The zero-order valence-corrected chi connectivity index (χ0v) is 12.3. The molecule has 1 aromatic heterocycles. The zero-order valence-electron chi connectivity index (χ0n) is 9.84. The van der Waals surface area contributed by atoms with Crippen molar-refractivity contribution < 1.29 is 9.90 Å². The average Bonchev–Trinajstić information content (AvgIpc) is 2.81. The highest BCUT2D eigenvalue weighted by Crippen LogP contribution is 2.23. The van der Waals surface area contributed by atoms with Gasteiger partial charge in [-0.3, -0.25) is 0 Å². The van der Waals surface area contributed by atoms with Crippen molar-refractivity contribution in [3.8, 4) is 0 Å². The second-order valence-electron chi connectivity index (χ2n) is 3.67. The van der Waals surface area contributed by atoms with Gasteiger partial charge in [-0.2, -0.15) is 11.4 Å². The van der Waals surface area contributed by atoms with Crippen molar-refractivity contribution in [2.45, 2.75) is 5.75 Å². The number of benzene rings is 1. The molecule has 0 fully saturated rings. The second kappa shape index (κ2) is 6.75. The molecule has 0 bridgehead atoms. The van der Waals surface area contributed by atoms with Crippen LogP contribution in [0.5, 0.6) is 0 Å². The molecule has 0 aliphatic carbocycles. The van der Waals surface area contributed by atoms with E-state index in [4.69, 9.17) is 16.7 Å². The summed E-state index contributed by atoms with van der Waals surface area (Å²) in [5, 5.41) is 12.1. The van der Waals surface area contributed by atoms with Crippen molar-refractivity contribution in [2.24, 2.45) is 0 Å². The van der Waals surface area contributed by atoms with Gasteiger partial charge in [-0.15, -0.1) is 11.3 Å². The Labute approximate surface area is 123 Å². The van der Waals surface area contributed by atoms with E-state index in [1.807, 2.05) is 17.6 Å². The number of carbonyl (C=O) groups is 1. The smallest absolute Gasteiger partial charge is 0.337 e. The summed E-state index contributed by atoms with van der Waals surface area (Å²) in [6.45, 7) is 0. The van der Waals surface area contributed by atoms with Gasteiger partial charge in [0, 0.05) is 16.1 Å². The van der Waals surface area contributed by atoms with Gasteiger partial charge >= 0.3 is 5.97 Å². The molecule has 2 rings (SSSR count). The molecular weight excluding hydrogens is 302 g/mol. The van der Waals surface area contributed by atoms with E-state index in [1.165, 1.54) is 4.88 Å². The Bertz CT molecular complexity index is 610. The van der Waals surface area contributed by atoms with Gasteiger partial charge in [-0.1, -0.05) is 23.7 Å². The number of thiophene rings is 1. The molecule has 19 heavy (non-hydrogen) atoms. The first kappa shape index (κ1) is 14.1. The molecule has 2 N–H and O–H groups in total. The lowest BCUT2D eigenvalue weighted by atomic mass is 10.2. The summed E-state index contributed by atoms with van der Waals surface area (Å²) in [7, 11) is 0. The number of para-hydroxylation sites is 1. The summed E-state index contributed by atoms with van der Waals surface area (Å²) >= 11 is 8.47. The van der Waals surface area contributed by atoms with Crippen molar-refractivity contribution in [2.75, 3.05) is 5.32 Å². The zero-order chi connectivity index (χ0) is 13.7. The van der Waals surface area contributed by atoms with Crippen LogP contribution in [-0.2, 0) is 5.75 Å². The van der Waals surface area contributed by atoms with E-state index in [1.54, 1.807) is 35.6 Å². The van der Waals surface area contributed by atoms with Gasteiger partial charge in [0.1, 0.15) is 0 Å². The lowest BCUT2D eigenvalue weighted by molar-refractivity contribution is 0.0698. The van der Waals surface area contributed by atoms with Crippen LogP contribution in [0.3, 0.4) is 0 Å². The minimum absolute atomic E-state index is 0.271. The third-order valence-corrected chi connectivity index (χ3v) is 4.62. The number of rotatable bonds is 5. The third kappa shape index (κ3) is 4.09. The maximum absolute atomic E-state index is 11.0. The quantitative estimate of drug-likeness (QED) is 0.579. The molecule has 0 aliphatic heterocycles. The number of aromatic carboxylic acids is 1.